The zero-order valence-electron chi connectivity index (χ0n) is 17.4. The first-order valence-corrected chi connectivity index (χ1v) is 10.0. The smallest absolute Gasteiger partial charge is 0.343 e. The Morgan fingerprint density at radius 1 is 0.875 bits per heavy atom. The molecular formula is C26H21N3O3. The number of carbonyl (C=O) groups excluding carboxylic acids is 2. The van der Waals surface area contributed by atoms with Crippen molar-refractivity contribution in [3.8, 4) is 11.4 Å². The van der Waals surface area contributed by atoms with Gasteiger partial charge in [-0.25, -0.2) is 10.2 Å². The zero-order valence-corrected chi connectivity index (χ0v) is 17.4. The molecule has 0 saturated heterocycles. The van der Waals surface area contributed by atoms with Gasteiger partial charge >= 0.3 is 5.97 Å². The van der Waals surface area contributed by atoms with Crippen molar-refractivity contribution in [2.24, 2.45) is 5.10 Å². The predicted molar refractivity (Wildman–Crippen MR) is 123 cm³/mol. The number of aryl methyl sites for hydroxylation is 1. The largest absolute Gasteiger partial charge is 0.423 e. The maximum Gasteiger partial charge on any atom is 0.343 e. The van der Waals surface area contributed by atoms with E-state index in [1.165, 1.54) is 6.21 Å². The average molecular weight is 423 g/mol. The first kappa shape index (κ1) is 20.8. The molecule has 0 aliphatic carbocycles. The number of para-hydroxylation sites is 1. The maximum absolute atomic E-state index is 12.6. The van der Waals surface area contributed by atoms with Crippen LogP contribution in [0.15, 0.2) is 102 Å². The van der Waals surface area contributed by atoms with Crippen LogP contribution in [0.3, 0.4) is 0 Å². The number of benzene rings is 3. The van der Waals surface area contributed by atoms with Crippen LogP contribution in [-0.2, 0) is 0 Å². The van der Waals surface area contributed by atoms with E-state index in [1.54, 1.807) is 42.5 Å². The van der Waals surface area contributed by atoms with Crippen molar-refractivity contribution in [3.63, 3.8) is 0 Å². The quantitative estimate of drug-likeness (QED) is 0.210. The van der Waals surface area contributed by atoms with E-state index in [0.717, 1.165) is 16.8 Å². The highest BCUT2D eigenvalue weighted by atomic mass is 16.5. The fourth-order valence-electron chi connectivity index (χ4n) is 3.09. The minimum absolute atomic E-state index is 0.311. The van der Waals surface area contributed by atoms with E-state index in [-0.39, 0.29) is 5.91 Å². The topological polar surface area (TPSA) is 72.7 Å². The molecule has 32 heavy (non-hydrogen) atoms. The molecule has 1 N–H and O–H groups in total. The SMILES string of the molecule is Cc1ccc(C(=O)Oc2ccc(C=NNC(=O)c3ccccc3-n3cccc3)cc2)cc1. The summed E-state index contributed by atoms with van der Waals surface area (Å²) in [5.41, 5.74) is 6.15. The molecule has 6 nitrogen and oxygen atoms in total. The molecule has 1 aromatic heterocycles. The number of nitrogens with one attached hydrogen (secondary N) is 1. The summed E-state index contributed by atoms with van der Waals surface area (Å²) in [6.45, 7) is 1.96. The Labute approximate surface area is 185 Å². The van der Waals surface area contributed by atoms with Gasteiger partial charge in [0.15, 0.2) is 0 Å². The highest BCUT2D eigenvalue weighted by Gasteiger charge is 2.11. The van der Waals surface area contributed by atoms with Crippen molar-refractivity contribution in [3.05, 3.63) is 120 Å². The summed E-state index contributed by atoms with van der Waals surface area (Å²) >= 11 is 0. The second-order valence-electron chi connectivity index (χ2n) is 7.13. The van der Waals surface area contributed by atoms with E-state index in [1.807, 2.05) is 66.3 Å². The van der Waals surface area contributed by atoms with E-state index < -0.39 is 5.97 Å². The van der Waals surface area contributed by atoms with Crippen LogP contribution in [0.5, 0.6) is 5.75 Å². The van der Waals surface area contributed by atoms with Crippen LogP contribution >= 0.6 is 0 Å². The van der Waals surface area contributed by atoms with E-state index in [9.17, 15) is 9.59 Å². The molecule has 6 heteroatoms. The number of hydrogen-bond donors (Lipinski definition) is 1. The van der Waals surface area contributed by atoms with Gasteiger partial charge in [0.1, 0.15) is 5.75 Å². The Morgan fingerprint density at radius 3 is 2.28 bits per heavy atom. The minimum Gasteiger partial charge on any atom is -0.423 e. The molecule has 0 aliphatic rings. The summed E-state index contributed by atoms with van der Waals surface area (Å²) < 4.78 is 7.26. The molecule has 1 heterocycles. The lowest BCUT2D eigenvalue weighted by molar-refractivity contribution is 0.0734. The van der Waals surface area contributed by atoms with E-state index >= 15 is 0 Å². The molecule has 0 fully saturated rings. The number of esters is 1. The molecule has 158 valence electrons. The van der Waals surface area contributed by atoms with Crippen LogP contribution in [0.25, 0.3) is 5.69 Å². The van der Waals surface area contributed by atoms with Gasteiger partial charge in [-0.2, -0.15) is 5.10 Å². The maximum atomic E-state index is 12.6. The first-order valence-electron chi connectivity index (χ1n) is 10.0. The molecule has 0 bridgehead atoms. The molecule has 0 atom stereocenters. The summed E-state index contributed by atoms with van der Waals surface area (Å²) in [6, 6.07) is 25.1. The van der Waals surface area contributed by atoms with E-state index in [0.29, 0.717) is 16.9 Å². The lowest BCUT2D eigenvalue weighted by Crippen LogP contribution is -2.19. The highest BCUT2D eigenvalue weighted by molar-refractivity contribution is 5.98. The Morgan fingerprint density at radius 2 is 1.56 bits per heavy atom. The third-order valence-corrected chi connectivity index (χ3v) is 4.79. The second-order valence-corrected chi connectivity index (χ2v) is 7.13. The number of hydrogen-bond acceptors (Lipinski definition) is 4. The first-order chi connectivity index (χ1) is 15.6. The van der Waals surface area contributed by atoms with Gasteiger partial charge in [0.05, 0.1) is 23.0 Å². The summed E-state index contributed by atoms with van der Waals surface area (Å²) in [5.74, 6) is -0.299. The number of ether oxygens (including phenoxy) is 1. The van der Waals surface area contributed by atoms with E-state index in [2.05, 4.69) is 10.5 Å². The number of carbonyl (C=O) groups is 2. The molecule has 0 radical (unpaired) electrons. The van der Waals surface area contributed by atoms with Crippen LogP contribution < -0.4 is 10.2 Å². The predicted octanol–water partition coefficient (Wildman–Crippen LogP) is 4.77. The van der Waals surface area contributed by atoms with Crippen molar-refractivity contribution in [2.45, 2.75) is 6.92 Å². The van der Waals surface area contributed by atoms with Crippen LogP contribution in [0, 0.1) is 6.92 Å². The highest BCUT2D eigenvalue weighted by Crippen LogP contribution is 2.16. The fourth-order valence-corrected chi connectivity index (χ4v) is 3.09. The molecule has 3 aromatic carbocycles. The van der Waals surface area contributed by atoms with Gasteiger partial charge in [0.25, 0.3) is 5.91 Å². The lowest BCUT2D eigenvalue weighted by Gasteiger charge is -2.09. The number of aromatic nitrogens is 1. The van der Waals surface area contributed by atoms with Crippen molar-refractivity contribution in [1.82, 2.24) is 9.99 Å². The second kappa shape index (κ2) is 9.57. The van der Waals surface area contributed by atoms with Gasteiger partial charge in [0.2, 0.25) is 0 Å². The Kier molecular flexibility index (Phi) is 6.22. The molecule has 0 saturated carbocycles. The zero-order chi connectivity index (χ0) is 22.3. The van der Waals surface area contributed by atoms with Crippen LogP contribution in [0.1, 0.15) is 31.8 Å². The monoisotopic (exact) mass is 423 g/mol. The van der Waals surface area contributed by atoms with Gasteiger partial charge in [-0.05, 0) is 73.2 Å². The third kappa shape index (κ3) is 4.99. The summed E-state index contributed by atoms with van der Waals surface area (Å²) in [6.07, 6.45) is 5.28. The van der Waals surface area contributed by atoms with Crippen molar-refractivity contribution in [1.29, 1.82) is 0 Å². The molecule has 4 rings (SSSR count). The normalized spacial score (nSPS) is 10.8. The van der Waals surface area contributed by atoms with Gasteiger partial charge in [0, 0.05) is 12.4 Å². The van der Waals surface area contributed by atoms with Crippen LogP contribution in [0.2, 0.25) is 0 Å². The lowest BCUT2D eigenvalue weighted by atomic mass is 10.1. The van der Waals surface area contributed by atoms with Crippen molar-refractivity contribution in [2.75, 3.05) is 0 Å². The molecule has 4 aromatic rings. The average Bonchev–Trinajstić information content (AvgIpc) is 3.35. The number of amides is 1. The molecule has 0 unspecified atom stereocenters. The van der Waals surface area contributed by atoms with Gasteiger partial charge in [-0.15, -0.1) is 0 Å². The van der Waals surface area contributed by atoms with E-state index in [4.69, 9.17) is 4.74 Å². The molecular weight excluding hydrogens is 402 g/mol. The summed E-state index contributed by atoms with van der Waals surface area (Å²) in [5, 5.41) is 4.05. The number of nitrogens with zero attached hydrogens (tertiary/aromatic N) is 2. The minimum atomic E-state index is -0.417. The van der Waals surface area contributed by atoms with Crippen LogP contribution in [0.4, 0.5) is 0 Å². The van der Waals surface area contributed by atoms with Crippen molar-refractivity contribution < 1.29 is 14.3 Å². The van der Waals surface area contributed by atoms with Gasteiger partial charge < -0.3 is 9.30 Å². The fraction of sp³-hybridized carbons (Fsp3) is 0.0385. The van der Waals surface area contributed by atoms with Crippen LogP contribution in [-0.4, -0.2) is 22.7 Å². The molecule has 1 amide bonds. The molecule has 0 aliphatic heterocycles. The Bertz CT molecular complexity index is 1240. The molecule has 0 spiro atoms. The van der Waals surface area contributed by atoms with Crippen molar-refractivity contribution >= 4 is 18.1 Å². The Balaban J connectivity index is 1.37. The number of rotatable bonds is 6. The Hall–Kier alpha value is -4.45. The number of hydrazone groups is 1. The standard InChI is InChI=1S/C26H21N3O3/c1-19-8-12-21(13-9-19)26(31)32-22-14-10-20(11-15-22)18-27-28-25(30)23-6-2-3-7-24(23)29-16-4-5-17-29/h2-18H,1H3,(H,28,30). The van der Waals surface area contributed by atoms with Gasteiger partial charge in [-0.3, -0.25) is 4.79 Å². The third-order valence-electron chi connectivity index (χ3n) is 4.79. The summed E-state index contributed by atoms with van der Waals surface area (Å²) in [7, 11) is 0. The van der Waals surface area contributed by atoms with Gasteiger partial charge in [-0.1, -0.05) is 29.8 Å². The summed E-state index contributed by atoms with van der Waals surface area (Å²) in [4.78, 5) is 24.8.